The van der Waals surface area contributed by atoms with Crippen LogP contribution in [0.25, 0.3) is 0 Å². The van der Waals surface area contributed by atoms with Crippen LogP contribution in [0.5, 0.6) is 0 Å². The van der Waals surface area contributed by atoms with Crippen molar-refractivity contribution in [3.05, 3.63) is 64.9 Å². The minimum atomic E-state index is -0.827. The van der Waals surface area contributed by atoms with Gasteiger partial charge in [-0.25, -0.2) is 4.39 Å². The Bertz CT molecular complexity index is 835. The molecule has 3 rings (SSSR count). The number of halogens is 2. The maximum Gasteiger partial charge on any atom is 0.313 e. The van der Waals surface area contributed by atoms with Gasteiger partial charge in [-0.15, -0.1) is 0 Å². The van der Waals surface area contributed by atoms with Gasteiger partial charge in [0, 0.05) is 31.9 Å². The molecule has 2 aromatic rings. The van der Waals surface area contributed by atoms with Crippen molar-refractivity contribution in [1.29, 1.82) is 0 Å². The van der Waals surface area contributed by atoms with Crippen LogP contribution in [0.2, 0.25) is 5.02 Å². The topological polar surface area (TPSA) is 70.7 Å². The van der Waals surface area contributed by atoms with E-state index in [-0.39, 0.29) is 16.8 Å². The van der Waals surface area contributed by atoms with E-state index in [9.17, 15) is 14.0 Å². The van der Waals surface area contributed by atoms with Gasteiger partial charge in [-0.05, 0) is 23.8 Å². The van der Waals surface area contributed by atoms with Crippen LogP contribution in [0.4, 0.5) is 10.1 Å². The Balaban J connectivity index is 1.43. The van der Waals surface area contributed by atoms with E-state index in [1.54, 1.807) is 0 Å². The molecule has 0 aliphatic carbocycles. The number of nitrogens with one attached hydrogen (secondary N) is 2. The molecule has 0 bridgehead atoms. The van der Waals surface area contributed by atoms with Crippen LogP contribution in [0.3, 0.4) is 0 Å². The number of nitrogens with zero attached hydrogens (tertiary/aromatic N) is 1. The highest BCUT2D eigenvalue weighted by molar-refractivity contribution is 6.39. The predicted molar refractivity (Wildman–Crippen MR) is 105 cm³/mol. The maximum atomic E-state index is 13.1. The molecule has 0 saturated carbocycles. The second kappa shape index (κ2) is 9.64. The third-order valence-corrected chi connectivity index (χ3v) is 4.71. The summed E-state index contributed by atoms with van der Waals surface area (Å²) in [5.41, 5.74) is 1.37. The number of hydrogen-bond donors (Lipinski definition) is 2. The van der Waals surface area contributed by atoms with Crippen LogP contribution in [0.15, 0.2) is 48.5 Å². The van der Waals surface area contributed by atoms with Gasteiger partial charge in [-0.2, -0.15) is 0 Å². The van der Waals surface area contributed by atoms with E-state index in [0.29, 0.717) is 19.7 Å². The monoisotopic (exact) mass is 405 g/mol. The van der Waals surface area contributed by atoms with Crippen LogP contribution in [0.1, 0.15) is 11.7 Å². The Labute approximate surface area is 167 Å². The molecule has 0 radical (unpaired) electrons. The summed E-state index contributed by atoms with van der Waals surface area (Å²) in [6.45, 7) is 3.03. The van der Waals surface area contributed by atoms with Crippen LogP contribution < -0.4 is 10.6 Å². The van der Waals surface area contributed by atoms with Gasteiger partial charge in [-0.1, -0.05) is 41.9 Å². The van der Waals surface area contributed by atoms with Crippen LogP contribution >= 0.6 is 11.6 Å². The second-order valence-corrected chi connectivity index (χ2v) is 6.82. The van der Waals surface area contributed by atoms with Gasteiger partial charge in [0.1, 0.15) is 5.82 Å². The summed E-state index contributed by atoms with van der Waals surface area (Å²) in [7, 11) is 0. The minimum Gasteiger partial charge on any atom is -0.371 e. The Morgan fingerprint density at radius 2 is 1.96 bits per heavy atom. The lowest BCUT2D eigenvalue weighted by Crippen LogP contribution is -2.44. The number of anilines is 1. The van der Waals surface area contributed by atoms with Gasteiger partial charge >= 0.3 is 11.8 Å². The quantitative estimate of drug-likeness (QED) is 0.750. The molecule has 0 spiro atoms. The SMILES string of the molecule is O=C(NCCN1CCOC(c2ccccc2)C1)C(=O)Nc1ccc(F)c(Cl)c1. The first kappa shape index (κ1) is 20.3. The van der Waals surface area contributed by atoms with Gasteiger partial charge in [0.2, 0.25) is 0 Å². The lowest BCUT2D eigenvalue weighted by molar-refractivity contribution is -0.136. The van der Waals surface area contributed by atoms with Crippen LogP contribution in [0, 0.1) is 5.82 Å². The highest BCUT2D eigenvalue weighted by Crippen LogP contribution is 2.21. The smallest absolute Gasteiger partial charge is 0.313 e. The first-order valence-corrected chi connectivity index (χ1v) is 9.34. The first-order chi connectivity index (χ1) is 13.5. The molecule has 2 aromatic carbocycles. The third-order valence-electron chi connectivity index (χ3n) is 4.42. The normalized spacial score (nSPS) is 17.1. The standard InChI is InChI=1S/C20H21ClFN3O3/c21-16-12-15(6-7-17(16)22)24-20(27)19(26)23-8-9-25-10-11-28-18(13-25)14-4-2-1-3-5-14/h1-7,12,18H,8-11,13H2,(H,23,26)(H,24,27). The van der Waals surface area contributed by atoms with Crippen molar-refractivity contribution in [3.8, 4) is 0 Å². The number of hydrogen-bond acceptors (Lipinski definition) is 4. The molecule has 8 heteroatoms. The van der Waals surface area contributed by atoms with Crippen LogP contribution in [-0.4, -0.2) is 49.5 Å². The van der Waals surface area contributed by atoms with Crippen molar-refractivity contribution < 1.29 is 18.7 Å². The average molecular weight is 406 g/mol. The zero-order chi connectivity index (χ0) is 19.9. The van der Waals surface area contributed by atoms with E-state index >= 15 is 0 Å². The number of morpholine rings is 1. The Morgan fingerprint density at radius 1 is 1.18 bits per heavy atom. The molecular weight excluding hydrogens is 385 g/mol. The van der Waals surface area contributed by atoms with Gasteiger partial charge in [0.15, 0.2) is 0 Å². The van der Waals surface area contributed by atoms with Crippen molar-refractivity contribution in [2.45, 2.75) is 6.10 Å². The summed E-state index contributed by atoms with van der Waals surface area (Å²) >= 11 is 5.66. The number of ether oxygens (including phenoxy) is 1. The highest BCUT2D eigenvalue weighted by atomic mass is 35.5. The van der Waals surface area contributed by atoms with E-state index in [1.165, 1.54) is 12.1 Å². The molecule has 1 atom stereocenters. The van der Waals surface area contributed by atoms with Crippen molar-refractivity contribution in [2.75, 3.05) is 38.1 Å². The molecule has 2 amide bonds. The van der Waals surface area contributed by atoms with E-state index in [0.717, 1.165) is 24.7 Å². The molecule has 1 aliphatic heterocycles. The molecular formula is C20H21ClFN3O3. The third kappa shape index (κ3) is 5.51. The Hall–Kier alpha value is -2.48. The maximum absolute atomic E-state index is 13.1. The van der Waals surface area contributed by atoms with Crippen molar-refractivity contribution in [1.82, 2.24) is 10.2 Å². The lowest BCUT2D eigenvalue weighted by Gasteiger charge is -2.33. The van der Waals surface area contributed by atoms with Gasteiger partial charge in [0.05, 0.1) is 17.7 Å². The number of amides is 2. The number of rotatable bonds is 5. The number of benzene rings is 2. The van der Waals surface area contributed by atoms with Gasteiger partial charge < -0.3 is 15.4 Å². The number of carbonyl (C=O) groups is 2. The predicted octanol–water partition coefficient (Wildman–Crippen LogP) is 2.61. The molecule has 1 fully saturated rings. The fraction of sp³-hybridized carbons (Fsp3) is 0.300. The zero-order valence-corrected chi connectivity index (χ0v) is 15.9. The van der Waals surface area contributed by atoms with E-state index in [1.807, 2.05) is 30.3 Å². The molecule has 28 heavy (non-hydrogen) atoms. The summed E-state index contributed by atoms with van der Waals surface area (Å²) in [6, 6.07) is 13.7. The zero-order valence-electron chi connectivity index (χ0n) is 15.2. The highest BCUT2D eigenvalue weighted by Gasteiger charge is 2.22. The average Bonchev–Trinajstić information content (AvgIpc) is 2.71. The second-order valence-electron chi connectivity index (χ2n) is 6.41. The van der Waals surface area contributed by atoms with E-state index in [2.05, 4.69) is 15.5 Å². The van der Waals surface area contributed by atoms with Gasteiger partial charge in [-0.3, -0.25) is 14.5 Å². The van der Waals surface area contributed by atoms with Crippen molar-refractivity contribution in [2.24, 2.45) is 0 Å². The largest absolute Gasteiger partial charge is 0.371 e. The molecule has 6 nitrogen and oxygen atoms in total. The van der Waals surface area contributed by atoms with E-state index < -0.39 is 17.6 Å². The molecule has 1 heterocycles. The molecule has 1 aliphatic rings. The molecule has 1 saturated heterocycles. The van der Waals surface area contributed by atoms with Gasteiger partial charge in [0.25, 0.3) is 0 Å². The van der Waals surface area contributed by atoms with E-state index in [4.69, 9.17) is 16.3 Å². The molecule has 0 aromatic heterocycles. The fourth-order valence-corrected chi connectivity index (χ4v) is 3.13. The molecule has 148 valence electrons. The summed E-state index contributed by atoms with van der Waals surface area (Å²) < 4.78 is 19.0. The molecule has 1 unspecified atom stereocenters. The summed E-state index contributed by atoms with van der Waals surface area (Å²) in [4.78, 5) is 26.1. The van der Waals surface area contributed by atoms with Crippen molar-refractivity contribution >= 4 is 29.1 Å². The Kier molecular flexibility index (Phi) is 6.97. The summed E-state index contributed by atoms with van der Waals surface area (Å²) in [5, 5.41) is 4.85. The van der Waals surface area contributed by atoms with Crippen LogP contribution in [-0.2, 0) is 14.3 Å². The number of carbonyl (C=O) groups excluding carboxylic acids is 2. The summed E-state index contributed by atoms with van der Waals surface area (Å²) in [5.74, 6) is -2.18. The Morgan fingerprint density at radius 3 is 2.71 bits per heavy atom. The molecule has 2 N–H and O–H groups in total. The fourth-order valence-electron chi connectivity index (χ4n) is 2.94. The summed E-state index contributed by atoms with van der Waals surface area (Å²) in [6.07, 6.45) is -0.00262. The van der Waals surface area contributed by atoms with Crippen molar-refractivity contribution in [3.63, 3.8) is 0 Å². The first-order valence-electron chi connectivity index (χ1n) is 8.96. The minimum absolute atomic E-state index is 0.00262. The lowest BCUT2D eigenvalue weighted by atomic mass is 10.1.